The summed E-state index contributed by atoms with van der Waals surface area (Å²) >= 11 is 0. The van der Waals surface area contributed by atoms with Gasteiger partial charge in [0.1, 0.15) is 0 Å². The molecule has 2 atom stereocenters. The Hall–Kier alpha value is -0.950. The predicted molar refractivity (Wildman–Crippen MR) is 83.4 cm³/mol. The smallest absolute Gasteiger partial charge is 0.211 e. The molecule has 1 aliphatic heterocycles. The zero-order chi connectivity index (χ0) is 15.5. The Morgan fingerprint density at radius 1 is 1.14 bits per heavy atom. The van der Waals surface area contributed by atoms with E-state index in [2.05, 4.69) is 4.90 Å². The summed E-state index contributed by atoms with van der Waals surface area (Å²) in [6, 6.07) is 9.66. The number of aliphatic hydroxyl groups is 1. The third kappa shape index (κ3) is 4.51. The molecule has 0 aromatic heterocycles. The molecule has 0 radical (unpaired) electrons. The second-order valence-corrected chi connectivity index (χ2v) is 7.78. The van der Waals surface area contributed by atoms with Crippen LogP contribution in [0, 0.1) is 5.92 Å². The van der Waals surface area contributed by atoms with Gasteiger partial charge in [-0.3, -0.25) is 0 Å². The van der Waals surface area contributed by atoms with E-state index in [4.69, 9.17) is 0 Å². The molecular weight excluding hydrogens is 288 g/mol. The standard InChI is InChI=1S/C15H24N2O3S/c1-13(15(18)14-6-4-3-5-7-14)12-16-8-10-17(11-9-16)21(2,19)20/h3-7,13,15,18H,8-12H2,1-2H3. The van der Waals surface area contributed by atoms with Gasteiger partial charge in [0.2, 0.25) is 10.0 Å². The van der Waals surface area contributed by atoms with Crippen molar-refractivity contribution >= 4 is 10.0 Å². The van der Waals surface area contributed by atoms with Gasteiger partial charge in [0.25, 0.3) is 0 Å². The van der Waals surface area contributed by atoms with E-state index in [1.54, 1.807) is 0 Å². The van der Waals surface area contributed by atoms with Crippen LogP contribution in [-0.4, -0.2) is 61.7 Å². The molecule has 1 saturated heterocycles. The van der Waals surface area contributed by atoms with Crippen molar-refractivity contribution in [3.05, 3.63) is 35.9 Å². The van der Waals surface area contributed by atoms with Gasteiger partial charge >= 0.3 is 0 Å². The molecule has 0 saturated carbocycles. The summed E-state index contributed by atoms with van der Waals surface area (Å²) < 4.78 is 24.5. The number of rotatable bonds is 5. The van der Waals surface area contributed by atoms with Crippen LogP contribution in [0.1, 0.15) is 18.6 Å². The van der Waals surface area contributed by atoms with Crippen LogP contribution in [0.15, 0.2) is 30.3 Å². The lowest BCUT2D eigenvalue weighted by Crippen LogP contribution is -2.49. The molecule has 0 spiro atoms. The van der Waals surface area contributed by atoms with Crippen LogP contribution in [0.25, 0.3) is 0 Å². The fraction of sp³-hybridized carbons (Fsp3) is 0.600. The van der Waals surface area contributed by atoms with E-state index >= 15 is 0 Å². The van der Waals surface area contributed by atoms with Crippen molar-refractivity contribution in [3.63, 3.8) is 0 Å². The zero-order valence-electron chi connectivity index (χ0n) is 12.6. The summed E-state index contributed by atoms with van der Waals surface area (Å²) in [5.41, 5.74) is 0.930. The summed E-state index contributed by atoms with van der Waals surface area (Å²) in [4.78, 5) is 2.22. The first-order chi connectivity index (χ1) is 9.88. The van der Waals surface area contributed by atoms with Crippen LogP contribution in [0.3, 0.4) is 0 Å². The molecule has 1 aromatic carbocycles. The van der Waals surface area contributed by atoms with Crippen molar-refractivity contribution in [1.29, 1.82) is 0 Å². The van der Waals surface area contributed by atoms with Crippen LogP contribution in [-0.2, 0) is 10.0 Å². The molecule has 1 N–H and O–H groups in total. The van der Waals surface area contributed by atoms with E-state index in [1.807, 2.05) is 37.3 Å². The molecule has 1 aromatic rings. The van der Waals surface area contributed by atoms with Gasteiger partial charge in [-0.05, 0) is 11.5 Å². The second-order valence-electron chi connectivity index (χ2n) is 5.80. The average molecular weight is 312 g/mol. The molecule has 1 heterocycles. The Morgan fingerprint density at radius 2 is 1.71 bits per heavy atom. The fourth-order valence-electron chi connectivity index (χ4n) is 2.73. The van der Waals surface area contributed by atoms with Gasteiger partial charge in [-0.1, -0.05) is 37.3 Å². The van der Waals surface area contributed by atoms with Gasteiger partial charge in [-0.2, -0.15) is 4.31 Å². The van der Waals surface area contributed by atoms with Crippen molar-refractivity contribution in [2.24, 2.45) is 5.92 Å². The van der Waals surface area contributed by atoms with E-state index in [9.17, 15) is 13.5 Å². The molecule has 1 aliphatic rings. The molecular formula is C15H24N2O3S. The SMILES string of the molecule is CC(CN1CCN(S(C)(=O)=O)CC1)C(O)c1ccccc1. The molecule has 0 bridgehead atoms. The maximum absolute atomic E-state index is 11.5. The first-order valence-electron chi connectivity index (χ1n) is 7.28. The molecule has 6 heteroatoms. The highest BCUT2D eigenvalue weighted by atomic mass is 32.2. The first-order valence-corrected chi connectivity index (χ1v) is 9.13. The van der Waals surface area contributed by atoms with Gasteiger partial charge in [0.15, 0.2) is 0 Å². The quantitative estimate of drug-likeness (QED) is 0.879. The Morgan fingerprint density at radius 3 is 2.24 bits per heavy atom. The lowest BCUT2D eigenvalue weighted by atomic mass is 9.97. The Bertz CT molecular complexity index is 539. The van der Waals surface area contributed by atoms with Crippen LogP contribution >= 0.6 is 0 Å². The summed E-state index contributed by atoms with van der Waals surface area (Å²) in [5, 5.41) is 10.4. The minimum absolute atomic E-state index is 0.109. The van der Waals surface area contributed by atoms with Gasteiger partial charge in [-0.25, -0.2) is 8.42 Å². The van der Waals surface area contributed by atoms with Gasteiger partial charge in [0, 0.05) is 32.7 Å². The number of nitrogens with zero attached hydrogens (tertiary/aromatic N) is 2. The molecule has 5 nitrogen and oxygen atoms in total. The highest BCUT2D eigenvalue weighted by Crippen LogP contribution is 2.22. The van der Waals surface area contributed by atoms with E-state index in [0.29, 0.717) is 13.1 Å². The summed E-state index contributed by atoms with van der Waals surface area (Å²) in [5.74, 6) is 0.109. The molecule has 2 rings (SSSR count). The fourth-order valence-corrected chi connectivity index (χ4v) is 3.56. The van der Waals surface area contributed by atoms with E-state index < -0.39 is 16.1 Å². The van der Waals surface area contributed by atoms with Crippen LogP contribution in [0.5, 0.6) is 0 Å². The van der Waals surface area contributed by atoms with Gasteiger partial charge < -0.3 is 10.0 Å². The van der Waals surface area contributed by atoms with E-state index in [0.717, 1.165) is 25.2 Å². The Kier molecular flexibility index (Phi) is 5.37. The maximum Gasteiger partial charge on any atom is 0.211 e. The van der Waals surface area contributed by atoms with Gasteiger partial charge in [-0.15, -0.1) is 0 Å². The first kappa shape index (κ1) is 16.4. The minimum atomic E-state index is -3.08. The number of aliphatic hydroxyl groups excluding tert-OH is 1. The summed E-state index contributed by atoms with van der Waals surface area (Å²) in [7, 11) is -3.08. The second kappa shape index (κ2) is 6.87. The normalized spacial score (nSPS) is 21.1. The van der Waals surface area contributed by atoms with Crippen molar-refractivity contribution in [3.8, 4) is 0 Å². The number of sulfonamides is 1. The Balaban J connectivity index is 1.86. The third-order valence-corrected chi connectivity index (χ3v) is 5.33. The van der Waals surface area contributed by atoms with Crippen LogP contribution < -0.4 is 0 Å². The van der Waals surface area contributed by atoms with Crippen molar-refractivity contribution in [1.82, 2.24) is 9.21 Å². The van der Waals surface area contributed by atoms with E-state index in [-0.39, 0.29) is 5.92 Å². The largest absolute Gasteiger partial charge is 0.388 e. The molecule has 2 unspecified atom stereocenters. The number of hydrogen-bond donors (Lipinski definition) is 1. The molecule has 118 valence electrons. The third-order valence-electron chi connectivity index (χ3n) is 4.03. The number of piperazine rings is 1. The monoisotopic (exact) mass is 312 g/mol. The topological polar surface area (TPSA) is 60.9 Å². The Labute approximate surface area is 127 Å². The molecule has 0 amide bonds. The lowest BCUT2D eigenvalue weighted by Gasteiger charge is -2.35. The number of hydrogen-bond acceptors (Lipinski definition) is 4. The summed E-state index contributed by atoms with van der Waals surface area (Å²) in [6.45, 7) is 5.31. The minimum Gasteiger partial charge on any atom is -0.388 e. The van der Waals surface area contributed by atoms with Crippen LogP contribution in [0.2, 0.25) is 0 Å². The highest BCUT2D eigenvalue weighted by Gasteiger charge is 2.26. The van der Waals surface area contributed by atoms with E-state index in [1.165, 1.54) is 10.6 Å². The van der Waals surface area contributed by atoms with Crippen molar-refractivity contribution < 1.29 is 13.5 Å². The summed E-state index contributed by atoms with van der Waals surface area (Å²) in [6.07, 6.45) is 0.767. The molecule has 21 heavy (non-hydrogen) atoms. The lowest BCUT2D eigenvalue weighted by molar-refractivity contribution is 0.0769. The van der Waals surface area contributed by atoms with Crippen molar-refractivity contribution in [2.75, 3.05) is 39.0 Å². The number of benzene rings is 1. The molecule has 1 fully saturated rings. The van der Waals surface area contributed by atoms with Crippen LogP contribution in [0.4, 0.5) is 0 Å². The predicted octanol–water partition coefficient (Wildman–Crippen LogP) is 0.933. The van der Waals surface area contributed by atoms with Gasteiger partial charge in [0.05, 0.1) is 12.4 Å². The van der Waals surface area contributed by atoms with Crippen molar-refractivity contribution in [2.45, 2.75) is 13.0 Å². The maximum atomic E-state index is 11.5. The average Bonchev–Trinajstić information content (AvgIpc) is 2.47. The highest BCUT2D eigenvalue weighted by molar-refractivity contribution is 7.88. The molecule has 0 aliphatic carbocycles. The zero-order valence-corrected chi connectivity index (χ0v) is 13.5.